The van der Waals surface area contributed by atoms with Gasteiger partial charge in [-0.25, -0.2) is 13.1 Å². The third kappa shape index (κ3) is 3.87. The van der Waals surface area contributed by atoms with Gasteiger partial charge in [-0.2, -0.15) is 0 Å². The number of benzene rings is 1. The maximum Gasteiger partial charge on any atom is 0.240 e. The zero-order valence-corrected chi connectivity index (χ0v) is 12.7. The van der Waals surface area contributed by atoms with E-state index in [4.69, 9.17) is 5.73 Å². The Morgan fingerprint density at radius 3 is 2.62 bits per heavy atom. The van der Waals surface area contributed by atoms with E-state index in [9.17, 15) is 8.42 Å². The predicted octanol–water partition coefficient (Wildman–Crippen LogP) is 0.278. The lowest BCUT2D eigenvalue weighted by Crippen LogP contribution is -2.25. The largest absolute Gasteiger partial charge is 0.330 e. The molecule has 7 nitrogen and oxygen atoms in total. The van der Waals surface area contributed by atoms with Crippen LogP contribution in [0.25, 0.3) is 0 Å². The summed E-state index contributed by atoms with van der Waals surface area (Å²) in [5.74, 6) is 0.584. The van der Waals surface area contributed by atoms with E-state index in [0.717, 1.165) is 12.0 Å². The first-order valence-corrected chi connectivity index (χ1v) is 8.20. The highest BCUT2D eigenvalue weighted by Gasteiger charge is 2.15. The van der Waals surface area contributed by atoms with Gasteiger partial charge in [0.1, 0.15) is 12.2 Å². The molecule has 2 rings (SSSR count). The number of nitrogens with zero attached hydrogens (tertiary/aromatic N) is 3. The molecule has 0 unspecified atom stereocenters. The number of aromatic nitrogens is 3. The summed E-state index contributed by atoms with van der Waals surface area (Å²) in [4.78, 5) is 0.228. The van der Waals surface area contributed by atoms with Crippen LogP contribution in [0.5, 0.6) is 0 Å². The van der Waals surface area contributed by atoms with Crippen molar-refractivity contribution in [1.82, 2.24) is 19.5 Å². The summed E-state index contributed by atoms with van der Waals surface area (Å²) in [6.07, 6.45) is 2.30. The Hall–Kier alpha value is -1.77. The lowest BCUT2D eigenvalue weighted by molar-refractivity contribution is 0.575. The molecule has 0 aliphatic carbocycles. The molecule has 1 heterocycles. The van der Waals surface area contributed by atoms with Gasteiger partial charge in [0.15, 0.2) is 0 Å². The van der Waals surface area contributed by atoms with Crippen LogP contribution in [-0.2, 0) is 29.5 Å². The van der Waals surface area contributed by atoms with Gasteiger partial charge in [-0.15, -0.1) is 10.2 Å². The van der Waals surface area contributed by atoms with Gasteiger partial charge in [-0.05, 0) is 37.6 Å². The highest BCUT2D eigenvalue weighted by molar-refractivity contribution is 7.89. The number of rotatable bonds is 7. The molecule has 0 bridgehead atoms. The Bertz CT molecular complexity index is 679. The molecule has 0 aliphatic heterocycles. The summed E-state index contributed by atoms with van der Waals surface area (Å²) >= 11 is 0. The van der Waals surface area contributed by atoms with Crippen molar-refractivity contribution in [3.63, 3.8) is 0 Å². The van der Waals surface area contributed by atoms with Crippen LogP contribution in [0.4, 0.5) is 0 Å². The van der Waals surface area contributed by atoms with Crippen molar-refractivity contribution in [3.8, 4) is 0 Å². The minimum absolute atomic E-state index is 0.112. The molecule has 0 aliphatic rings. The van der Waals surface area contributed by atoms with Crippen LogP contribution >= 0.6 is 0 Å². The summed E-state index contributed by atoms with van der Waals surface area (Å²) in [5, 5.41) is 7.66. The molecule has 0 amide bonds. The Morgan fingerprint density at radius 1 is 1.29 bits per heavy atom. The molecule has 0 saturated carbocycles. The van der Waals surface area contributed by atoms with Crippen LogP contribution in [0.2, 0.25) is 0 Å². The van der Waals surface area contributed by atoms with Crippen LogP contribution in [0.3, 0.4) is 0 Å². The molecule has 8 heteroatoms. The summed E-state index contributed by atoms with van der Waals surface area (Å²) < 4.78 is 28.7. The van der Waals surface area contributed by atoms with E-state index in [1.807, 2.05) is 6.92 Å². The van der Waals surface area contributed by atoms with E-state index in [0.29, 0.717) is 18.9 Å². The van der Waals surface area contributed by atoms with E-state index < -0.39 is 10.0 Å². The van der Waals surface area contributed by atoms with Crippen LogP contribution in [0.1, 0.15) is 18.3 Å². The van der Waals surface area contributed by atoms with Gasteiger partial charge in [-0.3, -0.25) is 0 Å². The molecular formula is C13H19N5O2S. The maximum atomic E-state index is 12.2. The van der Waals surface area contributed by atoms with Gasteiger partial charge >= 0.3 is 0 Å². The maximum absolute atomic E-state index is 12.2. The van der Waals surface area contributed by atoms with E-state index in [2.05, 4.69) is 14.9 Å². The third-order valence-corrected chi connectivity index (χ3v) is 4.54. The zero-order valence-electron chi connectivity index (χ0n) is 11.9. The van der Waals surface area contributed by atoms with Crippen molar-refractivity contribution < 1.29 is 8.42 Å². The molecule has 0 fully saturated rings. The molecule has 0 saturated heterocycles. The van der Waals surface area contributed by atoms with Crippen molar-refractivity contribution in [2.75, 3.05) is 6.54 Å². The molecular weight excluding hydrogens is 290 g/mol. The van der Waals surface area contributed by atoms with Crippen LogP contribution in [-0.4, -0.2) is 29.7 Å². The van der Waals surface area contributed by atoms with Crippen molar-refractivity contribution >= 4 is 10.0 Å². The normalized spacial score (nSPS) is 11.7. The van der Waals surface area contributed by atoms with Crippen molar-refractivity contribution in [3.05, 3.63) is 42.0 Å². The van der Waals surface area contributed by atoms with Crippen LogP contribution in [0.15, 0.2) is 35.5 Å². The number of hydrogen-bond acceptors (Lipinski definition) is 5. The van der Waals surface area contributed by atoms with E-state index in [-0.39, 0.29) is 11.4 Å². The average molecular weight is 309 g/mol. The van der Waals surface area contributed by atoms with Crippen molar-refractivity contribution in [2.24, 2.45) is 5.73 Å². The molecule has 1 aromatic heterocycles. The summed E-state index contributed by atoms with van der Waals surface area (Å²) in [6.45, 7) is 3.28. The second-order valence-corrected chi connectivity index (χ2v) is 6.31. The minimum atomic E-state index is -3.56. The Kier molecular flexibility index (Phi) is 5.05. The summed E-state index contributed by atoms with van der Waals surface area (Å²) in [7, 11) is -3.56. The van der Waals surface area contributed by atoms with Gasteiger partial charge < -0.3 is 10.3 Å². The van der Waals surface area contributed by atoms with Crippen molar-refractivity contribution in [2.45, 2.75) is 31.3 Å². The monoisotopic (exact) mass is 309 g/mol. The number of sulfonamides is 1. The molecule has 3 N–H and O–H groups in total. The second-order valence-electron chi connectivity index (χ2n) is 4.54. The predicted molar refractivity (Wildman–Crippen MR) is 78.9 cm³/mol. The van der Waals surface area contributed by atoms with E-state index in [1.165, 1.54) is 0 Å². The third-order valence-electron chi connectivity index (χ3n) is 3.12. The number of nitrogens with one attached hydrogen (secondary N) is 1. The van der Waals surface area contributed by atoms with E-state index >= 15 is 0 Å². The molecule has 114 valence electrons. The molecule has 0 atom stereocenters. The average Bonchev–Trinajstić information content (AvgIpc) is 2.94. The zero-order chi connectivity index (χ0) is 15.3. The Balaban J connectivity index is 2.07. The lowest BCUT2D eigenvalue weighted by Gasteiger charge is -2.08. The molecule has 1 aromatic carbocycles. The van der Waals surface area contributed by atoms with Crippen LogP contribution in [0, 0.1) is 0 Å². The highest BCUT2D eigenvalue weighted by atomic mass is 32.2. The first-order valence-electron chi connectivity index (χ1n) is 6.72. The Morgan fingerprint density at radius 2 is 2.00 bits per heavy atom. The lowest BCUT2D eigenvalue weighted by atomic mass is 10.2. The quantitative estimate of drug-likeness (QED) is 0.764. The van der Waals surface area contributed by atoms with E-state index in [1.54, 1.807) is 35.2 Å². The summed E-state index contributed by atoms with van der Waals surface area (Å²) in [6, 6.07) is 6.71. The Labute approximate surface area is 124 Å². The van der Waals surface area contributed by atoms with Gasteiger partial charge in [0.05, 0.1) is 11.4 Å². The van der Waals surface area contributed by atoms with Gasteiger partial charge in [0.2, 0.25) is 10.0 Å². The topological polar surface area (TPSA) is 103 Å². The molecule has 2 aromatic rings. The standard InChI is InChI=1S/C13H19N5O2S/c1-2-18-10-15-17-13(18)9-16-21(19,20)12-5-3-11(4-6-12)7-8-14/h3-6,10,16H,2,7-9,14H2,1H3. The fourth-order valence-electron chi connectivity index (χ4n) is 1.92. The number of hydrogen-bond donors (Lipinski definition) is 2. The molecule has 0 radical (unpaired) electrons. The first-order chi connectivity index (χ1) is 10.1. The van der Waals surface area contributed by atoms with Crippen molar-refractivity contribution in [1.29, 1.82) is 0 Å². The summed E-state index contributed by atoms with van der Waals surface area (Å²) in [5.41, 5.74) is 6.48. The van der Waals surface area contributed by atoms with Crippen LogP contribution < -0.4 is 10.5 Å². The number of aryl methyl sites for hydroxylation is 1. The van der Waals surface area contributed by atoms with Gasteiger partial charge in [-0.1, -0.05) is 12.1 Å². The molecule has 21 heavy (non-hydrogen) atoms. The second kappa shape index (κ2) is 6.79. The molecule has 0 spiro atoms. The SMILES string of the molecule is CCn1cnnc1CNS(=O)(=O)c1ccc(CCN)cc1. The fraction of sp³-hybridized carbons (Fsp3) is 0.385. The number of nitrogens with two attached hydrogens (primary N) is 1. The highest BCUT2D eigenvalue weighted by Crippen LogP contribution is 2.11. The van der Waals surface area contributed by atoms with Gasteiger partial charge in [0.25, 0.3) is 0 Å². The minimum Gasteiger partial charge on any atom is -0.330 e. The smallest absolute Gasteiger partial charge is 0.240 e. The fourth-order valence-corrected chi connectivity index (χ4v) is 2.90. The van der Waals surface area contributed by atoms with Gasteiger partial charge in [0, 0.05) is 6.54 Å². The first kappa shape index (κ1) is 15.6.